The van der Waals surface area contributed by atoms with Crippen LogP contribution in [0.3, 0.4) is 0 Å². The Morgan fingerprint density at radius 1 is 1.15 bits per heavy atom. The summed E-state index contributed by atoms with van der Waals surface area (Å²) < 4.78 is 10.5. The van der Waals surface area contributed by atoms with Crippen LogP contribution in [0.4, 0.5) is 5.13 Å². The van der Waals surface area contributed by atoms with Gasteiger partial charge in [0.15, 0.2) is 5.13 Å². The van der Waals surface area contributed by atoms with Gasteiger partial charge in [0.05, 0.1) is 24.4 Å². The summed E-state index contributed by atoms with van der Waals surface area (Å²) in [5, 5.41) is 11.6. The van der Waals surface area contributed by atoms with Gasteiger partial charge in [0.25, 0.3) is 5.78 Å². The van der Waals surface area contributed by atoms with Crippen LogP contribution < -0.4 is 9.64 Å². The number of ether oxygens (including phenoxy) is 2. The highest BCUT2D eigenvalue weighted by molar-refractivity contribution is 7.17. The molecular formula is C31H32N2O6S. The minimum Gasteiger partial charge on any atom is -0.507 e. The summed E-state index contributed by atoms with van der Waals surface area (Å²) in [5.74, 6) is -1.98. The zero-order valence-corrected chi connectivity index (χ0v) is 24.2. The van der Waals surface area contributed by atoms with E-state index in [-0.39, 0.29) is 33.4 Å². The molecule has 1 aromatic heterocycles. The first-order valence-electron chi connectivity index (χ1n) is 12.7. The molecular weight excluding hydrogens is 528 g/mol. The molecule has 0 saturated carbocycles. The van der Waals surface area contributed by atoms with E-state index in [0.29, 0.717) is 22.6 Å². The second-order valence-electron chi connectivity index (χ2n) is 10.5. The van der Waals surface area contributed by atoms with Gasteiger partial charge in [-0.25, -0.2) is 9.78 Å². The number of nitrogens with zero attached hydrogens (tertiary/aromatic N) is 2. The van der Waals surface area contributed by atoms with E-state index < -0.39 is 23.7 Å². The number of rotatable bonds is 7. The van der Waals surface area contributed by atoms with Gasteiger partial charge < -0.3 is 14.6 Å². The Labute approximate surface area is 237 Å². The van der Waals surface area contributed by atoms with Crippen LogP contribution in [0.5, 0.6) is 5.75 Å². The number of ketones is 1. The molecule has 2 aromatic carbocycles. The Bertz CT molecular complexity index is 1530. The lowest BCUT2D eigenvalue weighted by Crippen LogP contribution is -2.29. The number of aromatic nitrogens is 1. The molecule has 1 unspecified atom stereocenters. The molecule has 208 valence electrons. The first-order chi connectivity index (χ1) is 18.9. The molecule has 0 radical (unpaired) electrons. The van der Waals surface area contributed by atoms with E-state index in [1.165, 1.54) is 11.0 Å². The Morgan fingerprint density at radius 2 is 1.82 bits per heavy atom. The van der Waals surface area contributed by atoms with Crippen molar-refractivity contribution in [2.75, 3.05) is 18.6 Å². The number of carbonyl (C=O) groups excluding carboxylic acids is 3. The molecule has 1 N–H and O–H groups in total. The molecule has 40 heavy (non-hydrogen) atoms. The van der Waals surface area contributed by atoms with E-state index >= 15 is 0 Å². The zero-order chi connectivity index (χ0) is 29.4. The number of aliphatic hydroxyl groups excluding tert-OH is 1. The van der Waals surface area contributed by atoms with Gasteiger partial charge in [-0.1, -0.05) is 69.0 Å². The van der Waals surface area contributed by atoms with Gasteiger partial charge in [-0.15, -0.1) is 0 Å². The highest BCUT2D eigenvalue weighted by Crippen LogP contribution is 2.44. The summed E-state index contributed by atoms with van der Waals surface area (Å²) in [6.07, 6.45) is 1.45. The number of Topliss-reactive ketones (excluding diaryl/α,β-unsaturated/α-hetero) is 1. The quantitative estimate of drug-likeness (QED) is 0.124. The molecule has 1 amide bonds. The monoisotopic (exact) mass is 560 g/mol. The van der Waals surface area contributed by atoms with E-state index in [0.717, 1.165) is 22.5 Å². The molecule has 9 heteroatoms. The maximum atomic E-state index is 13.5. The molecule has 1 aliphatic rings. The van der Waals surface area contributed by atoms with Crippen molar-refractivity contribution in [2.24, 2.45) is 0 Å². The van der Waals surface area contributed by atoms with E-state index in [1.54, 1.807) is 32.2 Å². The van der Waals surface area contributed by atoms with Crippen molar-refractivity contribution >= 4 is 39.9 Å². The van der Waals surface area contributed by atoms with Crippen LogP contribution in [0.2, 0.25) is 0 Å². The van der Waals surface area contributed by atoms with Crippen LogP contribution in [0.25, 0.3) is 5.76 Å². The average Bonchev–Trinajstić information content (AvgIpc) is 3.42. The number of amides is 1. The molecule has 1 atom stereocenters. The van der Waals surface area contributed by atoms with Gasteiger partial charge in [0.1, 0.15) is 23.0 Å². The van der Waals surface area contributed by atoms with Crippen molar-refractivity contribution in [3.8, 4) is 5.75 Å². The molecule has 8 nitrogen and oxygen atoms in total. The van der Waals surface area contributed by atoms with Gasteiger partial charge in [-0.3, -0.25) is 14.5 Å². The second kappa shape index (κ2) is 11.1. The van der Waals surface area contributed by atoms with E-state index in [9.17, 15) is 19.5 Å². The molecule has 1 aliphatic heterocycles. The predicted octanol–water partition coefficient (Wildman–Crippen LogP) is 6.04. The highest BCUT2D eigenvalue weighted by atomic mass is 32.1. The summed E-state index contributed by atoms with van der Waals surface area (Å²) in [6.45, 7) is 13.3. The summed E-state index contributed by atoms with van der Waals surface area (Å²) in [5.41, 5.74) is 2.99. The number of thiazole rings is 1. The number of hydrogen-bond acceptors (Lipinski definition) is 8. The number of methoxy groups -OCH3 is 1. The lowest BCUT2D eigenvalue weighted by atomic mass is 9.85. The molecule has 4 rings (SSSR count). The van der Waals surface area contributed by atoms with Crippen molar-refractivity contribution in [3.63, 3.8) is 0 Å². The summed E-state index contributed by atoms with van der Waals surface area (Å²) >= 11 is 0.956. The standard InChI is InChI=1S/C31H32N2O6S/c1-8-15-39-29(37)27-18(3)32-30(40-27)33-24(19-9-12-21(13-10-19)31(4,5)6)23(26(35)28(33)36)25(34)20-11-14-22(38-7)17(2)16-20/h8-14,16,24,34H,1,15H2,2-7H3. The van der Waals surface area contributed by atoms with Crippen LogP contribution in [0.1, 0.15) is 64.4 Å². The Balaban J connectivity index is 1.90. The number of hydrogen-bond donors (Lipinski definition) is 1. The van der Waals surface area contributed by atoms with Crippen molar-refractivity contribution in [1.29, 1.82) is 0 Å². The molecule has 1 fully saturated rings. The minimum absolute atomic E-state index is 0.0252. The van der Waals surface area contributed by atoms with E-state index in [2.05, 4.69) is 32.3 Å². The lowest BCUT2D eigenvalue weighted by molar-refractivity contribution is -0.132. The maximum Gasteiger partial charge on any atom is 0.350 e. The molecule has 0 aliphatic carbocycles. The number of benzene rings is 2. The number of esters is 1. The van der Waals surface area contributed by atoms with Crippen molar-refractivity contribution < 1.29 is 29.0 Å². The van der Waals surface area contributed by atoms with Gasteiger partial charge in [0, 0.05) is 5.56 Å². The molecule has 0 bridgehead atoms. The first kappa shape index (κ1) is 28.8. The minimum atomic E-state index is -0.973. The normalized spacial score (nSPS) is 16.8. The maximum absolute atomic E-state index is 13.5. The second-order valence-corrected chi connectivity index (χ2v) is 11.5. The van der Waals surface area contributed by atoms with Crippen LogP contribution >= 0.6 is 11.3 Å². The van der Waals surface area contributed by atoms with Gasteiger partial charge >= 0.3 is 11.9 Å². The fourth-order valence-electron chi connectivity index (χ4n) is 4.57. The van der Waals surface area contributed by atoms with Crippen LogP contribution in [0, 0.1) is 13.8 Å². The van der Waals surface area contributed by atoms with Crippen molar-refractivity contribution in [2.45, 2.75) is 46.1 Å². The summed E-state index contributed by atoms with van der Waals surface area (Å²) in [6, 6.07) is 11.6. The van der Waals surface area contributed by atoms with Gasteiger partial charge in [0.2, 0.25) is 0 Å². The Morgan fingerprint density at radius 3 is 2.40 bits per heavy atom. The van der Waals surface area contributed by atoms with E-state index in [4.69, 9.17) is 9.47 Å². The largest absolute Gasteiger partial charge is 0.507 e. The Kier molecular flexibility index (Phi) is 7.98. The summed E-state index contributed by atoms with van der Waals surface area (Å²) in [7, 11) is 1.55. The smallest absolute Gasteiger partial charge is 0.350 e. The fraction of sp³-hybridized carbons (Fsp3) is 0.290. The molecule has 1 saturated heterocycles. The third-order valence-electron chi connectivity index (χ3n) is 6.71. The SMILES string of the molecule is C=CCOC(=O)c1sc(N2C(=O)C(=O)C(=C(O)c3ccc(OC)c(C)c3)C2c2ccc(C(C)(C)C)cc2)nc1C. The number of carbonyl (C=O) groups is 3. The van der Waals surface area contributed by atoms with Crippen molar-refractivity contribution in [3.05, 3.63) is 93.5 Å². The number of aryl methyl sites for hydroxylation is 2. The lowest BCUT2D eigenvalue weighted by Gasteiger charge is -2.25. The van der Waals surface area contributed by atoms with Crippen LogP contribution in [-0.2, 0) is 19.7 Å². The topological polar surface area (TPSA) is 106 Å². The molecule has 2 heterocycles. The van der Waals surface area contributed by atoms with Gasteiger partial charge in [-0.05, 0) is 54.2 Å². The number of aliphatic hydroxyl groups is 1. The number of anilines is 1. The van der Waals surface area contributed by atoms with Gasteiger partial charge in [-0.2, -0.15) is 0 Å². The van der Waals surface area contributed by atoms with E-state index in [1.807, 2.05) is 31.2 Å². The van der Waals surface area contributed by atoms with Crippen LogP contribution in [0.15, 0.2) is 60.7 Å². The highest BCUT2D eigenvalue weighted by Gasteiger charge is 2.48. The summed E-state index contributed by atoms with van der Waals surface area (Å²) in [4.78, 5) is 45.6. The molecule has 0 spiro atoms. The van der Waals surface area contributed by atoms with Crippen LogP contribution in [-0.4, -0.2) is 41.5 Å². The van der Waals surface area contributed by atoms with Crippen molar-refractivity contribution in [1.82, 2.24) is 4.98 Å². The predicted molar refractivity (Wildman–Crippen MR) is 155 cm³/mol. The zero-order valence-electron chi connectivity index (χ0n) is 23.4. The molecule has 3 aromatic rings. The average molecular weight is 561 g/mol. The third kappa shape index (κ3) is 5.29. The first-order valence-corrected chi connectivity index (χ1v) is 13.5. The Hall–Kier alpha value is -4.24. The fourth-order valence-corrected chi connectivity index (χ4v) is 5.55. The third-order valence-corrected chi connectivity index (χ3v) is 7.85.